The Balaban J connectivity index is 2.27. The van der Waals surface area contributed by atoms with E-state index in [0.717, 1.165) is 18.4 Å². The summed E-state index contributed by atoms with van der Waals surface area (Å²) in [5.41, 5.74) is 9.92. The van der Waals surface area contributed by atoms with Gasteiger partial charge in [0.15, 0.2) is 0 Å². The van der Waals surface area contributed by atoms with Crippen molar-refractivity contribution in [1.82, 2.24) is 9.97 Å². The highest BCUT2D eigenvalue weighted by Gasteiger charge is 2.21. The molecule has 24 heavy (non-hydrogen) atoms. The average molecular weight is 346 g/mol. The molecule has 0 aliphatic rings. The van der Waals surface area contributed by atoms with Crippen molar-refractivity contribution in [1.29, 1.82) is 0 Å². The van der Waals surface area contributed by atoms with Crippen molar-refractivity contribution >= 4 is 22.4 Å². The Morgan fingerprint density at radius 2 is 2.38 bits per heavy atom. The number of pyridine rings is 1. The van der Waals surface area contributed by atoms with Crippen LogP contribution in [-0.2, 0) is 11.3 Å². The van der Waals surface area contributed by atoms with E-state index in [2.05, 4.69) is 20.0 Å². The quantitative estimate of drug-likeness (QED) is 0.321. The number of hydrogen-bond acceptors (Lipinski definition) is 6. The predicted octanol–water partition coefficient (Wildman–Crippen LogP) is 4.39. The van der Waals surface area contributed by atoms with E-state index in [1.54, 1.807) is 19.4 Å². The van der Waals surface area contributed by atoms with Gasteiger partial charge in [-0.1, -0.05) is 29.8 Å². The van der Waals surface area contributed by atoms with Gasteiger partial charge in [0.2, 0.25) is 0 Å². The molecule has 2 rings (SSSR count). The average Bonchev–Trinajstić information content (AvgIpc) is 3.04. The first-order valence-corrected chi connectivity index (χ1v) is 8.30. The van der Waals surface area contributed by atoms with Gasteiger partial charge in [-0.15, -0.1) is 0 Å². The van der Waals surface area contributed by atoms with Gasteiger partial charge in [0.25, 0.3) is 0 Å². The number of ether oxygens (including phenoxy) is 1. The van der Waals surface area contributed by atoms with Gasteiger partial charge in [0.1, 0.15) is 10.0 Å². The zero-order chi connectivity index (χ0) is 17.4. The number of amides is 1. The van der Waals surface area contributed by atoms with Crippen LogP contribution in [0, 0.1) is 0 Å². The van der Waals surface area contributed by atoms with Crippen molar-refractivity contribution < 1.29 is 9.53 Å². The van der Waals surface area contributed by atoms with Gasteiger partial charge in [-0.25, -0.2) is 9.78 Å². The second-order valence-electron chi connectivity index (χ2n) is 4.93. The minimum Gasteiger partial charge on any atom is -0.449 e. The summed E-state index contributed by atoms with van der Waals surface area (Å²) in [6.07, 6.45) is 4.68. The first-order valence-electron chi connectivity index (χ1n) is 7.48. The van der Waals surface area contributed by atoms with E-state index in [0.29, 0.717) is 22.3 Å². The molecule has 0 fully saturated rings. The summed E-state index contributed by atoms with van der Waals surface area (Å²) < 4.78 is 5.22. The lowest BCUT2D eigenvalue weighted by Crippen LogP contribution is -2.27. The number of rotatable bonds is 7. The smallest absolute Gasteiger partial charge is 0.414 e. The molecule has 0 radical (unpaired) electrons. The van der Waals surface area contributed by atoms with E-state index in [1.165, 1.54) is 16.2 Å². The topological polar surface area (TPSA) is 104 Å². The lowest BCUT2D eigenvalue weighted by Gasteiger charge is -2.15. The Morgan fingerprint density at radius 3 is 3.04 bits per heavy atom. The van der Waals surface area contributed by atoms with Crippen molar-refractivity contribution in [2.24, 2.45) is 5.11 Å². The van der Waals surface area contributed by atoms with Crippen LogP contribution in [0.5, 0.6) is 0 Å². The molecule has 0 spiro atoms. The van der Waals surface area contributed by atoms with Crippen molar-refractivity contribution in [3.05, 3.63) is 40.7 Å². The Labute approximate surface area is 143 Å². The Bertz CT molecular complexity index is 727. The van der Waals surface area contributed by atoms with E-state index >= 15 is 0 Å². The minimum atomic E-state index is -0.452. The lowest BCUT2D eigenvalue weighted by molar-refractivity contribution is 0.153. The number of anilines is 1. The number of unbranched alkanes of at least 4 members (excludes halogenated alkanes) is 1. The van der Waals surface area contributed by atoms with E-state index in [4.69, 9.17) is 10.3 Å². The summed E-state index contributed by atoms with van der Waals surface area (Å²) in [6, 6.07) is 3.69. The molecule has 0 atom stereocenters. The van der Waals surface area contributed by atoms with Gasteiger partial charge in [0.05, 0.1) is 18.8 Å². The van der Waals surface area contributed by atoms with E-state index < -0.39 is 6.09 Å². The molecule has 9 heteroatoms. The Morgan fingerprint density at radius 1 is 1.54 bits per heavy atom. The molecule has 1 amide bonds. The van der Waals surface area contributed by atoms with Gasteiger partial charge in [0, 0.05) is 29.9 Å². The fourth-order valence-corrected chi connectivity index (χ4v) is 2.92. The monoisotopic (exact) mass is 346 g/mol. The van der Waals surface area contributed by atoms with Gasteiger partial charge in [-0.05, 0) is 24.1 Å². The molecule has 0 N–H and O–H groups in total. The largest absolute Gasteiger partial charge is 0.449 e. The fourth-order valence-electron chi connectivity index (χ4n) is 1.90. The number of carbonyl (C=O) groups is 1. The molecule has 0 aliphatic heterocycles. The van der Waals surface area contributed by atoms with Crippen LogP contribution in [0.2, 0.25) is 0 Å². The third-order valence-electron chi connectivity index (χ3n) is 3.17. The van der Waals surface area contributed by atoms with Gasteiger partial charge >= 0.3 is 6.09 Å². The number of carbonyl (C=O) groups excluding carboxylic acids is 1. The predicted molar refractivity (Wildman–Crippen MR) is 92.9 cm³/mol. The lowest BCUT2D eigenvalue weighted by atomic mass is 10.3. The maximum absolute atomic E-state index is 12.2. The summed E-state index contributed by atoms with van der Waals surface area (Å²) in [4.78, 5) is 24.9. The molecule has 0 unspecified atom stereocenters. The molecular weight excluding hydrogens is 328 g/mol. The standard InChI is InChI=1S/C15H18N6O2S/c1-3-4-8-23-15(22)21(2)14-12(10-18-20-16)19-13(24-14)11-6-5-7-17-9-11/h5-7,9H,3-4,8,10H2,1-2H3. The zero-order valence-corrected chi connectivity index (χ0v) is 14.4. The van der Waals surface area contributed by atoms with Crippen LogP contribution in [-0.4, -0.2) is 29.7 Å². The first-order chi connectivity index (χ1) is 11.7. The SMILES string of the molecule is CCCCOC(=O)N(C)c1sc(-c2cccnc2)nc1CN=[N+]=[N-]. The molecular formula is C15H18N6O2S. The molecule has 2 aromatic heterocycles. The highest BCUT2D eigenvalue weighted by atomic mass is 32.1. The third-order valence-corrected chi connectivity index (χ3v) is 4.39. The van der Waals surface area contributed by atoms with Crippen LogP contribution in [0.4, 0.5) is 9.80 Å². The Kier molecular flexibility index (Phi) is 6.53. The third kappa shape index (κ3) is 4.43. The van der Waals surface area contributed by atoms with Crippen LogP contribution >= 0.6 is 11.3 Å². The normalized spacial score (nSPS) is 10.1. The highest BCUT2D eigenvalue weighted by molar-refractivity contribution is 7.19. The molecule has 0 aromatic carbocycles. The van der Waals surface area contributed by atoms with Gasteiger partial charge < -0.3 is 4.74 Å². The summed E-state index contributed by atoms with van der Waals surface area (Å²) in [7, 11) is 1.62. The van der Waals surface area contributed by atoms with Gasteiger partial charge in [-0.2, -0.15) is 0 Å². The maximum Gasteiger partial charge on any atom is 0.414 e. The summed E-state index contributed by atoms with van der Waals surface area (Å²) in [5, 5.41) is 4.86. The van der Waals surface area contributed by atoms with Crippen LogP contribution in [0.3, 0.4) is 0 Å². The molecule has 126 valence electrons. The van der Waals surface area contributed by atoms with Crippen molar-refractivity contribution in [3.63, 3.8) is 0 Å². The molecule has 0 bridgehead atoms. The highest BCUT2D eigenvalue weighted by Crippen LogP contribution is 2.34. The van der Waals surface area contributed by atoms with E-state index in [-0.39, 0.29) is 6.54 Å². The van der Waals surface area contributed by atoms with Crippen LogP contribution in [0.15, 0.2) is 29.6 Å². The molecule has 0 saturated heterocycles. The van der Waals surface area contributed by atoms with Crippen LogP contribution in [0.25, 0.3) is 21.0 Å². The Hall–Kier alpha value is -2.64. The molecule has 8 nitrogen and oxygen atoms in total. The fraction of sp³-hybridized carbons (Fsp3) is 0.400. The summed E-state index contributed by atoms with van der Waals surface area (Å²) in [5.74, 6) is 0. The second kappa shape index (κ2) is 8.85. The van der Waals surface area contributed by atoms with Crippen LogP contribution in [0.1, 0.15) is 25.5 Å². The number of thiazole rings is 1. The second-order valence-corrected chi connectivity index (χ2v) is 5.91. The van der Waals surface area contributed by atoms with Gasteiger partial charge in [-0.3, -0.25) is 9.88 Å². The van der Waals surface area contributed by atoms with Crippen molar-refractivity contribution in [2.75, 3.05) is 18.6 Å². The number of nitrogens with zero attached hydrogens (tertiary/aromatic N) is 6. The van der Waals surface area contributed by atoms with Crippen molar-refractivity contribution in [3.8, 4) is 10.6 Å². The first kappa shape index (κ1) is 17.7. The number of hydrogen-bond donors (Lipinski definition) is 0. The summed E-state index contributed by atoms with van der Waals surface area (Å²) in [6.45, 7) is 2.47. The van der Waals surface area contributed by atoms with Crippen molar-refractivity contribution in [2.45, 2.75) is 26.3 Å². The molecule has 0 aliphatic carbocycles. The molecule has 2 aromatic rings. The van der Waals surface area contributed by atoms with Crippen LogP contribution < -0.4 is 4.90 Å². The maximum atomic E-state index is 12.2. The van der Waals surface area contributed by atoms with E-state index in [1.807, 2.05) is 19.1 Å². The minimum absolute atomic E-state index is 0.0647. The molecule has 0 saturated carbocycles. The molecule has 2 heterocycles. The number of azide groups is 1. The van der Waals surface area contributed by atoms with E-state index in [9.17, 15) is 4.79 Å². The zero-order valence-electron chi connectivity index (χ0n) is 13.5. The number of aromatic nitrogens is 2. The summed E-state index contributed by atoms with van der Waals surface area (Å²) >= 11 is 1.33.